The number of unbranched alkanes of at least 4 members (excludes halogenated alkanes) is 1. The van der Waals surface area contributed by atoms with Gasteiger partial charge >= 0.3 is 5.97 Å². The van der Waals surface area contributed by atoms with Gasteiger partial charge in [0.2, 0.25) is 0 Å². The smallest absolute Gasteiger partial charge is 0.310 e. The standard InChI is InChI=1S/C18H22NO3S.Yb/c1-4-5-8-13(2)22-17(20)11-15-9-6-7-10-16(15)19-18-21-12-14(3)23-18;/h6-7,9-10,13H,4-5,8,11H2,1-3H3;/q-1;. The summed E-state index contributed by atoms with van der Waals surface area (Å²) in [5.74, 6) is -0.220. The predicted octanol–water partition coefficient (Wildman–Crippen LogP) is 4.35. The number of para-hydroxylation sites is 1. The van der Waals surface area contributed by atoms with Crippen LogP contribution >= 0.6 is 11.3 Å². The molecule has 2 rings (SSSR count). The second kappa shape index (κ2) is 11.3. The quantitative estimate of drug-likeness (QED) is 0.416. The number of hydrogen-bond donors (Lipinski definition) is 0. The fraction of sp³-hybridized carbons (Fsp3) is 0.444. The maximum atomic E-state index is 12.1. The van der Waals surface area contributed by atoms with Gasteiger partial charge in [-0.2, -0.15) is 0 Å². The van der Waals surface area contributed by atoms with Crippen LogP contribution < -0.4 is 4.87 Å². The van der Waals surface area contributed by atoms with Crippen LogP contribution in [-0.2, 0) is 16.0 Å². The molecule has 0 bridgehead atoms. The second-order valence-electron chi connectivity index (χ2n) is 5.49. The second-order valence-corrected chi connectivity index (χ2v) is 6.65. The number of esters is 1. The number of ether oxygens (including phenoxy) is 1. The SMILES string of the molecule is CCCCC(C)OC(=O)Cc1ccccc1N=c1o[c-]c(C)s1.[Yb]. The van der Waals surface area contributed by atoms with Crippen molar-refractivity contribution in [3.05, 3.63) is 45.8 Å². The van der Waals surface area contributed by atoms with E-state index in [1.165, 1.54) is 11.3 Å². The summed E-state index contributed by atoms with van der Waals surface area (Å²) in [6, 6.07) is 7.54. The minimum absolute atomic E-state index is 0. The number of aryl methyl sites for hydroxylation is 1. The van der Waals surface area contributed by atoms with Gasteiger partial charge in [-0.1, -0.05) is 49.1 Å². The van der Waals surface area contributed by atoms with E-state index in [4.69, 9.17) is 9.15 Å². The van der Waals surface area contributed by atoms with Crippen molar-refractivity contribution < 1.29 is 60.9 Å². The zero-order valence-electron chi connectivity index (χ0n) is 14.1. The van der Waals surface area contributed by atoms with Crippen LogP contribution in [0.25, 0.3) is 0 Å². The van der Waals surface area contributed by atoms with Gasteiger partial charge in [0.1, 0.15) is 4.87 Å². The van der Waals surface area contributed by atoms with Crippen molar-refractivity contribution in [2.75, 3.05) is 0 Å². The first-order valence-electron chi connectivity index (χ1n) is 7.88. The van der Waals surface area contributed by atoms with E-state index in [0.29, 0.717) is 4.87 Å². The number of nitrogens with zero attached hydrogens (tertiary/aromatic N) is 1. The Morgan fingerprint density at radius 3 is 2.83 bits per heavy atom. The van der Waals surface area contributed by atoms with Crippen LogP contribution in [0.15, 0.2) is 33.7 Å². The third kappa shape index (κ3) is 7.26. The van der Waals surface area contributed by atoms with Gasteiger partial charge in [-0.05, 0) is 31.9 Å². The Hall–Kier alpha value is -0.361. The molecular formula is C18H22NO3SYb-. The molecule has 138 valence electrons. The minimum atomic E-state index is -0.220. The molecular weight excluding hydrogens is 483 g/mol. The van der Waals surface area contributed by atoms with E-state index in [9.17, 15) is 4.79 Å². The molecule has 2 aromatic rings. The van der Waals surface area contributed by atoms with Crippen LogP contribution in [0.2, 0.25) is 0 Å². The van der Waals surface area contributed by atoms with E-state index >= 15 is 0 Å². The fourth-order valence-corrected chi connectivity index (χ4v) is 2.75. The Kier molecular flexibility index (Phi) is 10.2. The minimum Gasteiger partial charge on any atom is -0.621 e. The molecule has 1 unspecified atom stereocenters. The number of carbonyl (C=O) groups excluding carboxylic acids is 1. The first-order chi connectivity index (χ1) is 11.1. The summed E-state index contributed by atoms with van der Waals surface area (Å²) in [4.78, 5) is 18.0. The van der Waals surface area contributed by atoms with Gasteiger partial charge in [-0.25, -0.2) is 11.3 Å². The maximum Gasteiger partial charge on any atom is 0.310 e. The number of carbonyl (C=O) groups is 1. The van der Waals surface area contributed by atoms with E-state index in [0.717, 1.165) is 35.4 Å². The zero-order chi connectivity index (χ0) is 16.7. The molecule has 1 atom stereocenters. The van der Waals surface area contributed by atoms with Gasteiger partial charge in [0.15, 0.2) is 0 Å². The number of hydrogen-bond acceptors (Lipinski definition) is 5. The van der Waals surface area contributed by atoms with Crippen LogP contribution in [0.5, 0.6) is 0 Å². The summed E-state index contributed by atoms with van der Waals surface area (Å²) in [5.41, 5.74) is 1.56. The van der Waals surface area contributed by atoms with Crippen molar-refractivity contribution in [1.82, 2.24) is 0 Å². The van der Waals surface area contributed by atoms with Crippen molar-refractivity contribution in [3.63, 3.8) is 0 Å². The predicted molar refractivity (Wildman–Crippen MR) is 90.6 cm³/mol. The first-order valence-corrected chi connectivity index (χ1v) is 8.70. The Bertz CT molecular complexity index is 708. The Balaban J connectivity index is 0.00000288. The van der Waals surface area contributed by atoms with Crippen LogP contribution in [-0.4, -0.2) is 12.1 Å². The van der Waals surface area contributed by atoms with E-state index in [1.807, 2.05) is 38.1 Å². The molecule has 1 aromatic carbocycles. The Labute approximate surface area is 185 Å². The van der Waals surface area contributed by atoms with Crippen molar-refractivity contribution in [2.24, 2.45) is 4.99 Å². The van der Waals surface area contributed by atoms with E-state index in [1.54, 1.807) is 0 Å². The largest absolute Gasteiger partial charge is 0.621 e. The molecule has 0 spiro atoms. The third-order valence-corrected chi connectivity index (χ3v) is 4.10. The van der Waals surface area contributed by atoms with Gasteiger partial charge in [0, 0.05) is 46.9 Å². The first kappa shape index (κ1) is 21.7. The van der Waals surface area contributed by atoms with Gasteiger partial charge in [0.25, 0.3) is 0 Å². The molecule has 0 aliphatic heterocycles. The molecule has 0 saturated heterocycles. The van der Waals surface area contributed by atoms with Gasteiger partial charge < -0.3 is 9.15 Å². The number of rotatable bonds is 7. The van der Waals surface area contributed by atoms with E-state index in [2.05, 4.69) is 18.2 Å². The third-order valence-electron chi connectivity index (χ3n) is 3.36. The Morgan fingerprint density at radius 1 is 1.42 bits per heavy atom. The summed E-state index contributed by atoms with van der Waals surface area (Å²) in [7, 11) is 0. The van der Waals surface area contributed by atoms with E-state index < -0.39 is 0 Å². The van der Waals surface area contributed by atoms with Crippen molar-refractivity contribution in [1.29, 1.82) is 0 Å². The molecule has 1 heterocycles. The van der Waals surface area contributed by atoms with Crippen molar-refractivity contribution in [2.45, 2.75) is 52.6 Å². The Morgan fingerprint density at radius 2 is 2.17 bits per heavy atom. The summed E-state index contributed by atoms with van der Waals surface area (Å²) in [5, 5.41) is 0. The molecule has 0 aliphatic carbocycles. The molecule has 0 saturated carbocycles. The molecule has 0 radical (unpaired) electrons. The molecule has 0 fully saturated rings. The van der Waals surface area contributed by atoms with Crippen molar-refractivity contribution >= 4 is 23.0 Å². The average Bonchev–Trinajstić information content (AvgIpc) is 2.92. The maximum absolute atomic E-state index is 12.1. The van der Waals surface area contributed by atoms with E-state index in [-0.39, 0.29) is 65.4 Å². The molecule has 4 nitrogen and oxygen atoms in total. The molecule has 0 N–H and O–H groups in total. The van der Waals surface area contributed by atoms with Gasteiger partial charge in [-0.3, -0.25) is 9.79 Å². The topological polar surface area (TPSA) is 51.8 Å². The van der Waals surface area contributed by atoms with Crippen LogP contribution in [0.4, 0.5) is 5.69 Å². The monoisotopic (exact) mass is 506 g/mol. The fourth-order valence-electron chi connectivity index (χ4n) is 2.17. The normalized spacial score (nSPS) is 12.5. The van der Waals surface area contributed by atoms with Crippen LogP contribution in [0.1, 0.15) is 43.6 Å². The average molecular weight is 505 g/mol. The molecule has 0 amide bonds. The summed E-state index contributed by atoms with van der Waals surface area (Å²) in [6.07, 6.45) is 5.99. The van der Waals surface area contributed by atoms with Crippen molar-refractivity contribution in [3.8, 4) is 0 Å². The summed E-state index contributed by atoms with van der Waals surface area (Å²) >= 11 is 1.42. The van der Waals surface area contributed by atoms with Crippen LogP contribution in [0, 0.1) is 60.1 Å². The molecule has 1 aromatic heterocycles. The molecule has 6 heteroatoms. The zero-order valence-corrected chi connectivity index (χ0v) is 16.6. The van der Waals surface area contributed by atoms with Gasteiger partial charge in [-0.15, -0.1) is 0 Å². The molecule has 24 heavy (non-hydrogen) atoms. The molecule has 0 aliphatic rings. The number of benzene rings is 1. The summed E-state index contributed by atoms with van der Waals surface area (Å²) in [6.45, 7) is 5.97. The van der Waals surface area contributed by atoms with Gasteiger partial charge in [0.05, 0.1) is 18.2 Å². The van der Waals surface area contributed by atoms with Crippen LogP contribution in [0.3, 0.4) is 0 Å². The summed E-state index contributed by atoms with van der Waals surface area (Å²) < 4.78 is 10.7.